The number of rotatable bonds is 5. The Kier molecular flexibility index (Phi) is 8.39. The average molecular weight is 663 g/mol. The molecule has 4 heteroatoms. The van der Waals surface area contributed by atoms with Crippen LogP contribution in [0.2, 0.25) is 0 Å². The summed E-state index contributed by atoms with van der Waals surface area (Å²) in [6.07, 6.45) is 13.8. The van der Waals surface area contributed by atoms with E-state index in [0.29, 0.717) is 35.8 Å². The van der Waals surface area contributed by atoms with Crippen molar-refractivity contribution >= 4 is 17.5 Å². The summed E-state index contributed by atoms with van der Waals surface area (Å²) < 4.78 is 11.2. The van der Waals surface area contributed by atoms with Gasteiger partial charge in [-0.3, -0.25) is 4.79 Å². The molecule has 4 nitrogen and oxygen atoms in total. The number of ether oxygens (including phenoxy) is 2. The van der Waals surface area contributed by atoms with Crippen LogP contribution in [0.3, 0.4) is 0 Å². The van der Waals surface area contributed by atoms with Crippen molar-refractivity contribution in [3.8, 4) is 0 Å². The third-order valence-corrected chi connectivity index (χ3v) is 15.8. The number of carbonyl (C=O) groups is 2. The van der Waals surface area contributed by atoms with Crippen molar-refractivity contribution in [2.45, 2.75) is 106 Å². The molecule has 9 atom stereocenters. The average Bonchev–Trinajstić information content (AvgIpc) is 3.09. The van der Waals surface area contributed by atoms with E-state index in [1.165, 1.54) is 31.1 Å². The molecule has 1 unspecified atom stereocenters. The van der Waals surface area contributed by atoms with Gasteiger partial charge in [-0.25, -0.2) is 4.79 Å². The number of esters is 2. The van der Waals surface area contributed by atoms with Crippen LogP contribution in [-0.4, -0.2) is 19.0 Å². The molecule has 0 aromatic heterocycles. The lowest BCUT2D eigenvalue weighted by molar-refractivity contribution is -0.184. The largest absolute Gasteiger partial charge is 0.465 e. The van der Waals surface area contributed by atoms with Crippen LogP contribution in [0.4, 0.5) is 0 Å². The van der Waals surface area contributed by atoms with Gasteiger partial charge in [-0.2, -0.15) is 0 Å². The molecule has 0 spiro atoms. The summed E-state index contributed by atoms with van der Waals surface area (Å²) in [4.78, 5) is 26.5. The maximum absolute atomic E-state index is 14.4. The zero-order valence-corrected chi connectivity index (χ0v) is 31.2. The summed E-state index contributed by atoms with van der Waals surface area (Å²) in [5, 5.41) is 0. The molecule has 3 saturated carbocycles. The zero-order valence-electron chi connectivity index (χ0n) is 31.2. The Bertz CT molecular complexity index is 1670. The molecule has 0 radical (unpaired) electrons. The van der Waals surface area contributed by atoms with Gasteiger partial charge in [0.15, 0.2) is 0 Å². The highest BCUT2D eigenvalue weighted by molar-refractivity contribution is 5.90. The summed E-state index contributed by atoms with van der Waals surface area (Å²) in [6.45, 7) is 18.0. The molecule has 0 aliphatic heterocycles. The van der Waals surface area contributed by atoms with E-state index in [2.05, 4.69) is 84.9 Å². The van der Waals surface area contributed by atoms with E-state index in [1.807, 2.05) is 30.3 Å². The summed E-state index contributed by atoms with van der Waals surface area (Å²) >= 11 is 0. The molecule has 0 N–H and O–H groups in total. The predicted octanol–water partition coefficient (Wildman–Crippen LogP) is 10.9. The van der Waals surface area contributed by atoms with Crippen molar-refractivity contribution in [3.63, 3.8) is 0 Å². The molecule has 2 aromatic rings. The first kappa shape index (κ1) is 34.3. The Morgan fingerprint density at radius 1 is 0.816 bits per heavy atom. The van der Waals surface area contributed by atoms with E-state index >= 15 is 0 Å². The summed E-state index contributed by atoms with van der Waals surface area (Å²) in [5.74, 6) is 2.15. The quantitative estimate of drug-likeness (QED) is 0.236. The van der Waals surface area contributed by atoms with Crippen LogP contribution in [0.5, 0.6) is 0 Å². The molecule has 0 bridgehead atoms. The number of carbonyl (C=O) groups excluding carboxylic acids is 2. The van der Waals surface area contributed by atoms with Gasteiger partial charge >= 0.3 is 11.9 Å². The second-order valence-electron chi connectivity index (χ2n) is 18.0. The molecule has 5 aliphatic carbocycles. The van der Waals surface area contributed by atoms with Gasteiger partial charge in [0.05, 0.1) is 18.1 Å². The van der Waals surface area contributed by atoms with E-state index in [1.54, 1.807) is 5.57 Å². The van der Waals surface area contributed by atoms with Crippen LogP contribution < -0.4 is 0 Å². The maximum atomic E-state index is 14.4. The van der Waals surface area contributed by atoms with E-state index in [0.717, 1.165) is 44.1 Å². The molecule has 0 heterocycles. The Balaban J connectivity index is 1.22. The molecule has 262 valence electrons. The molecule has 0 saturated heterocycles. The first-order valence-electron chi connectivity index (χ1n) is 19.0. The fourth-order valence-electron chi connectivity index (χ4n) is 12.7. The number of hydrogen-bond acceptors (Lipinski definition) is 4. The molecule has 5 aliphatic rings. The highest BCUT2D eigenvalue weighted by atomic mass is 16.5. The Hall–Kier alpha value is -3.14. The minimum atomic E-state index is -0.426. The Morgan fingerprint density at radius 3 is 2.22 bits per heavy atom. The minimum absolute atomic E-state index is 0.00353. The fourth-order valence-corrected chi connectivity index (χ4v) is 12.7. The highest BCUT2D eigenvalue weighted by Gasteiger charge is 2.69. The standard InChI is InChI=1S/C45H58O4/c1-29-20-25-45(40(47)49-28-31-12-10-9-11-13-31)27-26-43(6)35(38(45)30(29)2)18-19-37-42(5)23-21-34(32-14-16-33(17-15-32)39(46)48-8)41(3,4)36(42)22-24-44(37,43)7/h9-18,21,29-30,36-38H,19-20,22-28H2,1-8H3/t29-,30+,36?,37-,38+,42+,43-,44-,45+/m1/s1. The van der Waals surface area contributed by atoms with Crippen molar-refractivity contribution in [2.24, 2.45) is 56.7 Å². The van der Waals surface area contributed by atoms with Crippen molar-refractivity contribution in [1.29, 1.82) is 0 Å². The first-order chi connectivity index (χ1) is 23.2. The van der Waals surface area contributed by atoms with Gasteiger partial charge in [0.25, 0.3) is 0 Å². The smallest absolute Gasteiger partial charge is 0.337 e. The summed E-state index contributed by atoms with van der Waals surface area (Å²) in [7, 11) is 1.44. The van der Waals surface area contributed by atoms with E-state index in [-0.39, 0.29) is 39.5 Å². The third kappa shape index (κ3) is 4.96. The molecule has 3 fully saturated rings. The first-order valence-corrected chi connectivity index (χ1v) is 19.0. The maximum Gasteiger partial charge on any atom is 0.337 e. The van der Waals surface area contributed by atoms with E-state index < -0.39 is 5.41 Å². The lowest BCUT2D eigenvalue weighted by atomic mass is 9.33. The SMILES string of the molecule is COC(=O)c1ccc(C2=CC[C@@]3(C)C(CC[C@]4(C)[C@@H]3CC=C3[C@@H]5[C@@H](C)[C@H](C)CC[C@]5(C(=O)OCc5ccccc5)CC[C@]34C)C2(C)C)cc1. The van der Waals surface area contributed by atoms with E-state index in [9.17, 15) is 9.59 Å². The van der Waals surface area contributed by atoms with E-state index in [4.69, 9.17) is 9.47 Å². The summed E-state index contributed by atoms with van der Waals surface area (Å²) in [6, 6.07) is 18.2. The molecule has 2 aromatic carbocycles. The van der Waals surface area contributed by atoms with Gasteiger partial charge in [0, 0.05) is 0 Å². The van der Waals surface area contributed by atoms with Crippen molar-refractivity contribution < 1.29 is 19.1 Å². The molecular weight excluding hydrogens is 604 g/mol. The molecule has 0 amide bonds. The normalized spacial score (nSPS) is 39.1. The number of allylic oxidation sites excluding steroid dienone is 4. The van der Waals surface area contributed by atoms with Crippen LogP contribution in [0.15, 0.2) is 72.3 Å². The third-order valence-electron chi connectivity index (χ3n) is 15.8. The number of methoxy groups -OCH3 is 1. The Labute approximate surface area is 295 Å². The van der Waals surface area contributed by atoms with Gasteiger partial charge in [-0.15, -0.1) is 0 Å². The van der Waals surface area contributed by atoms with Crippen LogP contribution in [0.1, 0.15) is 121 Å². The van der Waals surface area contributed by atoms with Crippen molar-refractivity contribution in [3.05, 3.63) is 89.0 Å². The zero-order chi connectivity index (χ0) is 35.0. The highest BCUT2D eigenvalue weighted by Crippen LogP contribution is 2.76. The second kappa shape index (κ2) is 12.0. The van der Waals surface area contributed by atoms with Crippen molar-refractivity contribution in [2.75, 3.05) is 7.11 Å². The van der Waals surface area contributed by atoms with Gasteiger partial charge in [-0.1, -0.05) is 109 Å². The minimum Gasteiger partial charge on any atom is -0.465 e. The topological polar surface area (TPSA) is 52.6 Å². The van der Waals surface area contributed by atoms with Gasteiger partial charge in [0.1, 0.15) is 6.61 Å². The van der Waals surface area contributed by atoms with Crippen LogP contribution >= 0.6 is 0 Å². The van der Waals surface area contributed by atoms with Crippen LogP contribution in [-0.2, 0) is 20.9 Å². The predicted molar refractivity (Wildman–Crippen MR) is 196 cm³/mol. The summed E-state index contributed by atoms with van der Waals surface area (Å²) in [5.41, 5.74) is 5.84. The monoisotopic (exact) mass is 662 g/mol. The lowest BCUT2D eigenvalue weighted by Gasteiger charge is -2.70. The van der Waals surface area contributed by atoms with Crippen molar-refractivity contribution in [1.82, 2.24) is 0 Å². The molecule has 49 heavy (non-hydrogen) atoms. The van der Waals surface area contributed by atoms with Gasteiger partial charge in [0.2, 0.25) is 0 Å². The van der Waals surface area contributed by atoms with Crippen LogP contribution in [0.25, 0.3) is 5.57 Å². The lowest BCUT2D eigenvalue weighted by Crippen LogP contribution is -2.64. The van der Waals surface area contributed by atoms with Gasteiger partial charge < -0.3 is 9.47 Å². The Morgan fingerprint density at radius 2 is 1.53 bits per heavy atom. The number of hydrogen-bond donors (Lipinski definition) is 0. The van der Waals surface area contributed by atoms with Gasteiger partial charge in [-0.05, 0) is 131 Å². The molecular formula is C45H58O4. The van der Waals surface area contributed by atoms with Crippen LogP contribution in [0, 0.1) is 56.7 Å². The molecule has 7 rings (SSSR count). The number of fused-ring (bicyclic) bond motifs is 7. The fraction of sp³-hybridized carbons (Fsp3) is 0.600. The number of benzene rings is 2. The second-order valence-corrected chi connectivity index (χ2v) is 18.0.